The number of nitrogens with one attached hydrogen (secondary N) is 1. The molecule has 0 saturated carbocycles. The zero-order valence-electron chi connectivity index (χ0n) is 12.9. The van der Waals surface area contributed by atoms with E-state index in [-0.39, 0.29) is 6.61 Å². The normalized spacial score (nSPS) is 28.7. The van der Waals surface area contributed by atoms with Crippen LogP contribution in [0.5, 0.6) is 0 Å². The predicted octanol–water partition coefficient (Wildman–Crippen LogP) is -1.21. The molecule has 24 heavy (non-hydrogen) atoms. The highest BCUT2D eigenvalue weighted by Crippen LogP contribution is 2.34. The van der Waals surface area contributed by atoms with Gasteiger partial charge in [0.1, 0.15) is 42.6 Å². The molecule has 4 atom stereocenters. The summed E-state index contributed by atoms with van der Waals surface area (Å²) in [6.45, 7) is 0.0753. The van der Waals surface area contributed by atoms with Gasteiger partial charge in [-0.05, 0) is 6.42 Å². The zero-order valence-corrected chi connectivity index (χ0v) is 12.9. The molecule has 0 amide bonds. The van der Waals surface area contributed by atoms with Gasteiger partial charge in [-0.1, -0.05) is 6.08 Å². The lowest BCUT2D eigenvalue weighted by Gasteiger charge is -2.32. The van der Waals surface area contributed by atoms with Crippen LogP contribution < -0.4 is 10.2 Å². The summed E-state index contributed by atoms with van der Waals surface area (Å²) in [5.74, 6) is 1.17. The summed E-state index contributed by atoms with van der Waals surface area (Å²) in [6, 6.07) is 0. The molecule has 4 N–H and O–H groups in total. The van der Waals surface area contributed by atoms with Gasteiger partial charge in [0.25, 0.3) is 0 Å². The molecule has 130 valence electrons. The Morgan fingerprint density at radius 2 is 2.21 bits per heavy atom. The number of allylic oxidation sites excluding steroid dienone is 1. The van der Waals surface area contributed by atoms with E-state index in [4.69, 9.17) is 4.74 Å². The average Bonchev–Trinajstić information content (AvgIpc) is 2.89. The fraction of sp³-hybridized carbons (Fsp3) is 0.533. The van der Waals surface area contributed by atoms with E-state index in [0.717, 1.165) is 11.8 Å². The van der Waals surface area contributed by atoms with E-state index in [2.05, 4.69) is 15.3 Å². The van der Waals surface area contributed by atoms with Gasteiger partial charge in [0, 0.05) is 24.7 Å². The maximum Gasteiger partial charge on any atom is 0.164 e. The smallest absolute Gasteiger partial charge is 0.164 e. The molecular weight excluding hydrogens is 316 g/mol. The molecule has 1 fully saturated rings. The second-order valence-electron chi connectivity index (χ2n) is 5.63. The van der Waals surface area contributed by atoms with Crippen molar-refractivity contribution in [3.05, 3.63) is 24.2 Å². The summed E-state index contributed by atoms with van der Waals surface area (Å²) < 4.78 is 5.57. The minimum atomic E-state index is -1.18. The van der Waals surface area contributed by atoms with Gasteiger partial charge in [-0.25, -0.2) is 9.97 Å². The second kappa shape index (κ2) is 7.22. The Morgan fingerprint density at radius 1 is 1.38 bits per heavy atom. The van der Waals surface area contributed by atoms with Crippen LogP contribution in [0, 0.1) is 0 Å². The van der Waals surface area contributed by atoms with Crippen molar-refractivity contribution in [1.82, 2.24) is 9.97 Å². The number of carbonyl (C=O) groups is 1. The van der Waals surface area contributed by atoms with Crippen molar-refractivity contribution in [3.63, 3.8) is 0 Å². The molecule has 1 unspecified atom stereocenters. The Kier molecular flexibility index (Phi) is 5.05. The SMILES string of the molecule is O=CCCNc1ncnc2c1CC=CN2C1O[C@H](CO)[C@@H](O)[C@H]1O. The van der Waals surface area contributed by atoms with Gasteiger partial charge < -0.3 is 35.1 Å². The standard InChI is InChI=1S/C15H20N4O5/c20-6-2-4-16-13-9-3-1-5-19(14(9)18-8-17-13)15-12(23)11(22)10(7-21)24-15/h1,5-6,8,10-12,15,21-23H,2-4,7H2,(H,16,17,18)/t10-,11-,12-,15?/m1/s1. The third-order valence-electron chi connectivity index (χ3n) is 4.10. The van der Waals surface area contributed by atoms with Crippen molar-refractivity contribution < 1.29 is 24.9 Å². The Hall–Kier alpha value is -2.07. The number of nitrogens with zero attached hydrogens (tertiary/aromatic N) is 3. The van der Waals surface area contributed by atoms with Crippen LogP contribution in [-0.4, -0.2) is 69.3 Å². The van der Waals surface area contributed by atoms with Gasteiger partial charge in [0.05, 0.1) is 6.61 Å². The number of aliphatic hydroxyl groups is 3. The molecule has 1 aromatic rings. The first-order valence-electron chi connectivity index (χ1n) is 7.76. The maximum absolute atomic E-state index is 10.5. The van der Waals surface area contributed by atoms with Crippen molar-refractivity contribution in [2.45, 2.75) is 37.4 Å². The molecule has 3 rings (SSSR count). The fourth-order valence-electron chi connectivity index (χ4n) is 2.89. The van der Waals surface area contributed by atoms with E-state index >= 15 is 0 Å². The van der Waals surface area contributed by atoms with Gasteiger partial charge in [0.15, 0.2) is 6.23 Å². The first-order chi connectivity index (χ1) is 11.7. The van der Waals surface area contributed by atoms with Crippen LogP contribution in [0.2, 0.25) is 0 Å². The van der Waals surface area contributed by atoms with E-state index in [9.17, 15) is 20.1 Å². The zero-order chi connectivity index (χ0) is 17.1. The molecule has 1 aromatic heterocycles. The van der Waals surface area contributed by atoms with Gasteiger partial charge >= 0.3 is 0 Å². The predicted molar refractivity (Wildman–Crippen MR) is 84.3 cm³/mol. The van der Waals surface area contributed by atoms with Crippen LogP contribution in [0.3, 0.4) is 0 Å². The summed E-state index contributed by atoms with van der Waals surface area (Å²) in [5, 5.41) is 32.5. The minimum absolute atomic E-state index is 0.368. The summed E-state index contributed by atoms with van der Waals surface area (Å²) in [4.78, 5) is 20.5. The lowest BCUT2D eigenvalue weighted by atomic mass is 10.1. The Morgan fingerprint density at radius 3 is 2.92 bits per heavy atom. The van der Waals surface area contributed by atoms with E-state index in [1.165, 1.54) is 6.33 Å². The van der Waals surface area contributed by atoms with Crippen molar-refractivity contribution in [2.75, 3.05) is 23.4 Å². The number of rotatable bonds is 6. The Labute approximate surface area is 138 Å². The van der Waals surface area contributed by atoms with Crippen LogP contribution in [-0.2, 0) is 16.0 Å². The van der Waals surface area contributed by atoms with Gasteiger partial charge in [-0.2, -0.15) is 0 Å². The van der Waals surface area contributed by atoms with Crippen LogP contribution in [0.15, 0.2) is 18.6 Å². The van der Waals surface area contributed by atoms with Crippen LogP contribution >= 0.6 is 0 Å². The number of fused-ring (bicyclic) bond motifs is 1. The molecule has 0 aliphatic carbocycles. The van der Waals surface area contributed by atoms with E-state index in [1.807, 2.05) is 6.08 Å². The topological polar surface area (TPSA) is 128 Å². The summed E-state index contributed by atoms with van der Waals surface area (Å²) in [7, 11) is 0. The summed E-state index contributed by atoms with van der Waals surface area (Å²) in [5.41, 5.74) is 0.809. The first kappa shape index (κ1) is 16.8. The molecule has 3 heterocycles. The first-order valence-corrected chi connectivity index (χ1v) is 7.76. The molecule has 0 bridgehead atoms. The van der Waals surface area contributed by atoms with Crippen molar-refractivity contribution in [1.29, 1.82) is 0 Å². The number of hydrogen-bond donors (Lipinski definition) is 4. The number of carbonyl (C=O) groups excluding carboxylic acids is 1. The summed E-state index contributed by atoms with van der Waals surface area (Å²) in [6.07, 6.45) is 2.70. The van der Waals surface area contributed by atoms with E-state index < -0.39 is 24.5 Å². The molecule has 0 spiro atoms. The van der Waals surface area contributed by atoms with Crippen LogP contribution in [0.1, 0.15) is 12.0 Å². The fourth-order valence-corrected chi connectivity index (χ4v) is 2.89. The highest BCUT2D eigenvalue weighted by atomic mass is 16.6. The average molecular weight is 336 g/mol. The van der Waals surface area contributed by atoms with Crippen molar-refractivity contribution in [2.24, 2.45) is 0 Å². The number of aliphatic hydroxyl groups excluding tert-OH is 3. The molecule has 9 nitrogen and oxygen atoms in total. The van der Waals surface area contributed by atoms with Crippen LogP contribution in [0.4, 0.5) is 11.6 Å². The third kappa shape index (κ3) is 2.98. The monoisotopic (exact) mass is 336 g/mol. The van der Waals surface area contributed by atoms with Crippen molar-refractivity contribution in [3.8, 4) is 0 Å². The highest BCUT2D eigenvalue weighted by molar-refractivity contribution is 5.63. The van der Waals surface area contributed by atoms with Crippen LogP contribution in [0.25, 0.3) is 0 Å². The molecule has 9 heteroatoms. The summed E-state index contributed by atoms with van der Waals surface area (Å²) >= 11 is 0. The number of ether oxygens (including phenoxy) is 1. The molecule has 2 aliphatic heterocycles. The number of aromatic nitrogens is 2. The Bertz CT molecular complexity index is 626. The largest absolute Gasteiger partial charge is 0.394 e. The minimum Gasteiger partial charge on any atom is -0.394 e. The molecular formula is C15H20N4O5. The third-order valence-corrected chi connectivity index (χ3v) is 4.10. The van der Waals surface area contributed by atoms with E-state index in [1.54, 1.807) is 11.1 Å². The number of aldehydes is 1. The number of anilines is 2. The lowest BCUT2D eigenvalue weighted by molar-refractivity contribution is -0.107. The molecule has 1 saturated heterocycles. The molecule has 0 aromatic carbocycles. The van der Waals surface area contributed by atoms with Gasteiger partial charge in [-0.3, -0.25) is 0 Å². The lowest BCUT2D eigenvalue weighted by Crippen LogP contribution is -2.43. The van der Waals surface area contributed by atoms with Gasteiger partial charge in [0.2, 0.25) is 0 Å². The Balaban J connectivity index is 1.86. The van der Waals surface area contributed by atoms with Crippen molar-refractivity contribution >= 4 is 17.9 Å². The maximum atomic E-state index is 10.5. The van der Waals surface area contributed by atoms with Gasteiger partial charge in [-0.15, -0.1) is 0 Å². The number of hydrogen-bond acceptors (Lipinski definition) is 9. The van der Waals surface area contributed by atoms with E-state index in [0.29, 0.717) is 31.0 Å². The molecule has 0 radical (unpaired) electrons. The second-order valence-corrected chi connectivity index (χ2v) is 5.63. The molecule has 2 aliphatic rings. The highest BCUT2D eigenvalue weighted by Gasteiger charge is 2.46. The quantitative estimate of drug-likeness (QED) is 0.374.